The van der Waals surface area contributed by atoms with E-state index in [0.717, 1.165) is 6.07 Å². The van der Waals surface area contributed by atoms with Gasteiger partial charge in [0.25, 0.3) is 5.69 Å². The van der Waals surface area contributed by atoms with Gasteiger partial charge in [-0.15, -0.1) is 0 Å². The van der Waals surface area contributed by atoms with Crippen LogP contribution in [-0.2, 0) is 9.47 Å². The van der Waals surface area contributed by atoms with Crippen LogP contribution in [0.4, 0.5) is 17.1 Å². The van der Waals surface area contributed by atoms with Gasteiger partial charge in [-0.05, 0) is 37.3 Å². The Morgan fingerprint density at radius 2 is 1.84 bits per heavy atom. The van der Waals surface area contributed by atoms with E-state index in [1.807, 2.05) is 0 Å². The monoisotopic (exact) mass is 344 g/mol. The van der Waals surface area contributed by atoms with Crippen LogP contribution in [0, 0.1) is 10.1 Å². The summed E-state index contributed by atoms with van der Waals surface area (Å²) >= 11 is 0. The second kappa shape index (κ2) is 7.91. The SMILES string of the molecule is CCOC(=O)c1cccc(Nc2ccc(C(=O)OC)cc2[N+](=O)[O-])c1. The molecule has 0 amide bonds. The maximum absolute atomic E-state index is 11.8. The maximum Gasteiger partial charge on any atom is 0.338 e. The van der Waals surface area contributed by atoms with Gasteiger partial charge >= 0.3 is 11.9 Å². The molecule has 2 aromatic carbocycles. The Hall–Kier alpha value is -3.42. The standard InChI is InChI=1S/C17H16N2O6/c1-3-25-17(21)11-5-4-6-13(9-11)18-14-8-7-12(16(20)24-2)10-15(14)19(22)23/h4-10,18H,3H2,1-2H3. The molecule has 0 aliphatic rings. The van der Waals surface area contributed by atoms with E-state index in [0.29, 0.717) is 11.3 Å². The zero-order valence-electron chi connectivity index (χ0n) is 13.6. The molecule has 0 atom stereocenters. The van der Waals surface area contributed by atoms with Gasteiger partial charge in [-0.3, -0.25) is 10.1 Å². The predicted octanol–water partition coefficient (Wildman–Crippen LogP) is 3.30. The van der Waals surface area contributed by atoms with Gasteiger partial charge in [0.2, 0.25) is 0 Å². The molecule has 130 valence electrons. The fraction of sp³-hybridized carbons (Fsp3) is 0.176. The van der Waals surface area contributed by atoms with Crippen molar-refractivity contribution in [2.45, 2.75) is 6.92 Å². The molecule has 0 aliphatic carbocycles. The molecule has 0 saturated heterocycles. The summed E-state index contributed by atoms with van der Waals surface area (Å²) in [5, 5.41) is 14.1. The van der Waals surface area contributed by atoms with E-state index in [1.165, 1.54) is 25.3 Å². The van der Waals surface area contributed by atoms with Crippen molar-refractivity contribution in [3.8, 4) is 0 Å². The molecule has 0 fully saturated rings. The summed E-state index contributed by atoms with van der Waals surface area (Å²) < 4.78 is 9.48. The summed E-state index contributed by atoms with van der Waals surface area (Å²) in [6.07, 6.45) is 0. The lowest BCUT2D eigenvalue weighted by Gasteiger charge is -2.09. The summed E-state index contributed by atoms with van der Waals surface area (Å²) in [5.74, 6) is -1.15. The third-order valence-electron chi connectivity index (χ3n) is 3.27. The number of nitrogens with zero attached hydrogens (tertiary/aromatic N) is 1. The molecule has 0 saturated carbocycles. The maximum atomic E-state index is 11.8. The molecule has 0 bridgehead atoms. The first kappa shape index (κ1) is 17.9. The number of ether oxygens (including phenoxy) is 2. The molecule has 0 unspecified atom stereocenters. The molecule has 1 N–H and O–H groups in total. The van der Waals surface area contributed by atoms with Gasteiger partial charge in [0, 0.05) is 11.8 Å². The van der Waals surface area contributed by atoms with Crippen LogP contribution in [0.2, 0.25) is 0 Å². The van der Waals surface area contributed by atoms with E-state index >= 15 is 0 Å². The Morgan fingerprint density at radius 1 is 1.12 bits per heavy atom. The molecule has 2 rings (SSSR count). The molecule has 8 nitrogen and oxygen atoms in total. The molecule has 0 radical (unpaired) electrons. The average Bonchev–Trinajstić information content (AvgIpc) is 2.61. The lowest BCUT2D eigenvalue weighted by atomic mass is 10.1. The summed E-state index contributed by atoms with van der Waals surface area (Å²) in [6.45, 7) is 1.95. The van der Waals surface area contributed by atoms with Gasteiger partial charge in [-0.25, -0.2) is 9.59 Å². The van der Waals surface area contributed by atoms with Gasteiger partial charge in [-0.1, -0.05) is 6.07 Å². The smallest absolute Gasteiger partial charge is 0.338 e. The van der Waals surface area contributed by atoms with Crippen LogP contribution < -0.4 is 5.32 Å². The molecule has 0 heterocycles. The van der Waals surface area contributed by atoms with Crippen molar-refractivity contribution >= 4 is 29.0 Å². The van der Waals surface area contributed by atoms with Crippen LogP contribution in [-0.4, -0.2) is 30.6 Å². The van der Waals surface area contributed by atoms with Crippen molar-refractivity contribution in [1.29, 1.82) is 0 Å². The average molecular weight is 344 g/mol. The van der Waals surface area contributed by atoms with E-state index in [1.54, 1.807) is 25.1 Å². The summed E-state index contributed by atoms with van der Waals surface area (Å²) in [7, 11) is 1.20. The van der Waals surface area contributed by atoms with Gasteiger partial charge in [-0.2, -0.15) is 0 Å². The zero-order valence-corrected chi connectivity index (χ0v) is 13.6. The van der Waals surface area contributed by atoms with E-state index in [4.69, 9.17) is 4.74 Å². The van der Waals surface area contributed by atoms with Crippen molar-refractivity contribution in [3.63, 3.8) is 0 Å². The normalized spacial score (nSPS) is 10.0. The molecule has 0 spiro atoms. The zero-order chi connectivity index (χ0) is 18.4. The minimum Gasteiger partial charge on any atom is -0.465 e. The van der Waals surface area contributed by atoms with E-state index in [-0.39, 0.29) is 23.5 Å². The van der Waals surface area contributed by atoms with Gasteiger partial charge < -0.3 is 14.8 Å². The molecular weight excluding hydrogens is 328 g/mol. The van der Waals surface area contributed by atoms with Gasteiger partial charge in [0.05, 0.1) is 29.8 Å². The fourth-order valence-electron chi connectivity index (χ4n) is 2.13. The van der Waals surface area contributed by atoms with Crippen molar-refractivity contribution in [2.75, 3.05) is 19.0 Å². The highest BCUT2D eigenvalue weighted by molar-refractivity contribution is 5.92. The third kappa shape index (κ3) is 4.31. The van der Waals surface area contributed by atoms with Crippen LogP contribution in [0.5, 0.6) is 0 Å². The van der Waals surface area contributed by atoms with Crippen molar-refractivity contribution < 1.29 is 24.0 Å². The van der Waals surface area contributed by atoms with Crippen LogP contribution in [0.25, 0.3) is 0 Å². The molecule has 8 heteroatoms. The highest BCUT2D eigenvalue weighted by Crippen LogP contribution is 2.29. The first-order valence-corrected chi connectivity index (χ1v) is 7.37. The first-order valence-electron chi connectivity index (χ1n) is 7.37. The number of hydrogen-bond donors (Lipinski definition) is 1. The lowest BCUT2D eigenvalue weighted by molar-refractivity contribution is -0.383. The molecule has 2 aromatic rings. The number of anilines is 2. The third-order valence-corrected chi connectivity index (χ3v) is 3.27. The van der Waals surface area contributed by atoms with Crippen LogP contribution in [0.3, 0.4) is 0 Å². The molecule has 0 aromatic heterocycles. The van der Waals surface area contributed by atoms with Gasteiger partial charge in [0.1, 0.15) is 5.69 Å². The Morgan fingerprint density at radius 3 is 2.48 bits per heavy atom. The second-order valence-electron chi connectivity index (χ2n) is 4.91. The van der Waals surface area contributed by atoms with Crippen molar-refractivity contribution in [2.24, 2.45) is 0 Å². The van der Waals surface area contributed by atoms with Crippen molar-refractivity contribution in [1.82, 2.24) is 0 Å². The van der Waals surface area contributed by atoms with E-state index in [2.05, 4.69) is 10.1 Å². The number of nitro benzene ring substituents is 1. The molecular formula is C17H16N2O6. The van der Waals surface area contributed by atoms with Gasteiger partial charge in [0.15, 0.2) is 0 Å². The largest absolute Gasteiger partial charge is 0.465 e. The minimum absolute atomic E-state index is 0.0695. The number of esters is 2. The van der Waals surface area contributed by atoms with Crippen LogP contribution in [0.15, 0.2) is 42.5 Å². The summed E-state index contributed by atoms with van der Waals surface area (Å²) in [6, 6.07) is 10.3. The summed E-state index contributed by atoms with van der Waals surface area (Å²) in [5.41, 5.74) is 0.753. The topological polar surface area (TPSA) is 108 Å². The Kier molecular flexibility index (Phi) is 5.67. The first-order chi connectivity index (χ1) is 12.0. The van der Waals surface area contributed by atoms with Crippen molar-refractivity contribution in [3.05, 3.63) is 63.7 Å². The quantitative estimate of drug-likeness (QED) is 0.486. The lowest BCUT2D eigenvalue weighted by Crippen LogP contribution is -2.06. The molecule has 0 aliphatic heterocycles. The summed E-state index contributed by atoms with van der Waals surface area (Å²) in [4.78, 5) is 34.0. The van der Waals surface area contributed by atoms with E-state index in [9.17, 15) is 19.7 Å². The number of nitro groups is 1. The van der Waals surface area contributed by atoms with Crippen LogP contribution in [0.1, 0.15) is 27.6 Å². The molecule has 25 heavy (non-hydrogen) atoms. The number of methoxy groups -OCH3 is 1. The fourth-order valence-corrected chi connectivity index (χ4v) is 2.13. The van der Waals surface area contributed by atoms with E-state index < -0.39 is 16.9 Å². The minimum atomic E-state index is -0.668. The highest BCUT2D eigenvalue weighted by Gasteiger charge is 2.18. The Bertz CT molecular complexity index is 819. The second-order valence-corrected chi connectivity index (χ2v) is 4.91. The number of carbonyl (C=O) groups excluding carboxylic acids is 2. The number of rotatable bonds is 6. The predicted molar refractivity (Wildman–Crippen MR) is 90.1 cm³/mol. The Balaban J connectivity index is 2.34. The number of hydrogen-bond acceptors (Lipinski definition) is 7. The number of nitrogens with one attached hydrogen (secondary N) is 1. The Labute approximate surface area is 143 Å². The van der Waals surface area contributed by atoms with Crippen LogP contribution >= 0.6 is 0 Å². The highest BCUT2D eigenvalue weighted by atomic mass is 16.6. The number of carbonyl (C=O) groups is 2. The number of benzene rings is 2.